The molecule has 4 nitrogen and oxygen atoms in total. The molecule has 0 saturated heterocycles. The molecule has 188 valence electrons. The van der Waals surface area contributed by atoms with Crippen molar-refractivity contribution in [1.29, 1.82) is 0 Å². The van der Waals surface area contributed by atoms with Gasteiger partial charge in [0.1, 0.15) is 5.69 Å². The Labute approximate surface area is 234 Å². The van der Waals surface area contributed by atoms with E-state index in [1.54, 1.807) is 0 Å². The quantitative estimate of drug-likeness (QED) is 0.168. The molecule has 0 bridgehead atoms. The number of rotatable bonds is 2. The van der Waals surface area contributed by atoms with Crippen LogP contribution < -0.4 is 0 Å². The van der Waals surface area contributed by atoms with Gasteiger partial charge in [-0.3, -0.25) is 4.57 Å². The maximum Gasteiger partial charge on any atom is 0.187 e. The fraction of sp³-hybridized carbons (Fsp3) is 0. The molecule has 0 unspecified atom stereocenters. The van der Waals surface area contributed by atoms with E-state index < -0.39 is 0 Å². The van der Waals surface area contributed by atoms with Crippen molar-refractivity contribution in [3.63, 3.8) is 0 Å². The number of hydrogen-bond acceptors (Lipinski definition) is 2. The standard InChI is InChI=1S/C37H20N4/c1-38-24-19-16-23(17-20-24)36-37(40-30-13-5-4-12-29(30)39-36)41-31-14-6-10-26-27-21-18-22-8-2-3-9-25(22)33(27)28-11-7-15-32(41)35(28)34(26)31/h2-21H. The van der Waals surface area contributed by atoms with Gasteiger partial charge in [0.25, 0.3) is 0 Å². The third-order valence-corrected chi connectivity index (χ3v) is 8.34. The third-order valence-electron chi connectivity index (χ3n) is 8.34. The minimum absolute atomic E-state index is 0.603. The SMILES string of the molecule is [C-]#[N+]c1ccc(-c2nc3ccccc3nc2-n2c3cccc4c5ccc6ccccc6c5c5cccc2c5c43)cc1. The van der Waals surface area contributed by atoms with Crippen molar-refractivity contribution in [2.45, 2.75) is 0 Å². The second kappa shape index (κ2) is 8.11. The summed E-state index contributed by atoms with van der Waals surface area (Å²) in [4.78, 5) is 14.0. The van der Waals surface area contributed by atoms with Crippen LogP contribution in [0, 0.1) is 6.57 Å². The van der Waals surface area contributed by atoms with E-state index >= 15 is 0 Å². The lowest BCUT2D eigenvalue weighted by Gasteiger charge is -2.13. The molecule has 0 aliphatic rings. The smallest absolute Gasteiger partial charge is 0.187 e. The van der Waals surface area contributed by atoms with Crippen molar-refractivity contribution >= 4 is 70.8 Å². The van der Waals surface area contributed by atoms with Crippen LogP contribution in [0.25, 0.3) is 87.1 Å². The normalized spacial score (nSPS) is 11.9. The highest BCUT2D eigenvalue weighted by Crippen LogP contribution is 2.46. The Morgan fingerprint density at radius 2 is 1.15 bits per heavy atom. The summed E-state index contributed by atoms with van der Waals surface area (Å²) in [5.41, 5.74) is 6.21. The molecule has 2 heterocycles. The lowest BCUT2D eigenvalue weighted by atomic mass is 9.91. The molecule has 7 aromatic carbocycles. The van der Waals surface area contributed by atoms with Crippen LogP contribution in [0.1, 0.15) is 0 Å². The first kappa shape index (κ1) is 22.1. The Hall–Kier alpha value is -5.79. The number of nitrogens with zero attached hydrogens (tertiary/aromatic N) is 4. The number of hydrogen-bond donors (Lipinski definition) is 0. The Bertz CT molecular complexity index is 2530. The highest BCUT2D eigenvalue weighted by Gasteiger charge is 2.23. The van der Waals surface area contributed by atoms with E-state index in [0.717, 1.165) is 39.1 Å². The zero-order valence-electron chi connectivity index (χ0n) is 21.8. The highest BCUT2D eigenvalue weighted by atomic mass is 15.1. The number of para-hydroxylation sites is 2. The van der Waals surface area contributed by atoms with Gasteiger partial charge in [-0.15, -0.1) is 0 Å². The van der Waals surface area contributed by atoms with Gasteiger partial charge in [0.15, 0.2) is 11.5 Å². The molecule has 0 atom stereocenters. The van der Waals surface area contributed by atoms with Gasteiger partial charge in [-0.2, -0.15) is 0 Å². The Kier molecular flexibility index (Phi) is 4.37. The number of benzene rings is 7. The summed E-state index contributed by atoms with van der Waals surface area (Å²) in [6, 6.07) is 42.0. The molecule has 0 aliphatic carbocycles. The molecule has 0 fully saturated rings. The summed E-state index contributed by atoms with van der Waals surface area (Å²) in [5, 5.41) is 10.0. The van der Waals surface area contributed by atoms with Crippen LogP contribution in [-0.4, -0.2) is 14.5 Å². The summed E-state index contributed by atoms with van der Waals surface area (Å²) in [6.45, 7) is 7.41. The molecular weight excluding hydrogens is 500 g/mol. The number of aromatic nitrogens is 3. The predicted octanol–water partition coefficient (Wildman–Crippen LogP) is 9.84. The molecule has 0 N–H and O–H groups in total. The summed E-state index contributed by atoms with van der Waals surface area (Å²) in [6.07, 6.45) is 0. The first-order chi connectivity index (χ1) is 20.3. The second-order valence-corrected chi connectivity index (χ2v) is 10.5. The van der Waals surface area contributed by atoms with Crippen molar-refractivity contribution < 1.29 is 0 Å². The molecule has 9 rings (SSSR count). The largest absolute Gasteiger partial charge is 0.292 e. The van der Waals surface area contributed by atoms with E-state index in [1.807, 2.05) is 48.5 Å². The molecule has 0 saturated carbocycles. The second-order valence-electron chi connectivity index (χ2n) is 10.5. The first-order valence-corrected chi connectivity index (χ1v) is 13.6. The van der Waals surface area contributed by atoms with Crippen molar-refractivity contribution in [2.24, 2.45) is 0 Å². The van der Waals surface area contributed by atoms with Gasteiger partial charge in [0.05, 0.1) is 28.6 Å². The minimum Gasteiger partial charge on any atom is -0.292 e. The van der Waals surface area contributed by atoms with Crippen LogP contribution >= 0.6 is 0 Å². The third kappa shape index (κ3) is 2.98. The molecule has 4 heteroatoms. The van der Waals surface area contributed by atoms with Crippen molar-refractivity contribution in [3.8, 4) is 17.1 Å². The van der Waals surface area contributed by atoms with Crippen LogP contribution in [-0.2, 0) is 0 Å². The molecule has 0 aliphatic heterocycles. The fourth-order valence-electron chi connectivity index (χ4n) is 6.59. The highest BCUT2D eigenvalue weighted by molar-refractivity contribution is 6.37. The fourth-order valence-corrected chi connectivity index (χ4v) is 6.59. The molecular formula is C37H20N4. The lowest BCUT2D eigenvalue weighted by Crippen LogP contribution is -2.03. The van der Waals surface area contributed by atoms with Crippen molar-refractivity contribution in [3.05, 3.63) is 133 Å². The van der Waals surface area contributed by atoms with E-state index in [0.29, 0.717) is 5.69 Å². The van der Waals surface area contributed by atoms with Gasteiger partial charge < -0.3 is 0 Å². The predicted molar refractivity (Wildman–Crippen MR) is 169 cm³/mol. The van der Waals surface area contributed by atoms with Crippen molar-refractivity contribution in [2.75, 3.05) is 0 Å². The van der Waals surface area contributed by atoms with Crippen molar-refractivity contribution in [1.82, 2.24) is 14.5 Å². The lowest BCUT2D eigenvalue weighted by molar-refractivity contribution is 1.08. The zero-order chi connectivity index (χ0) is 27.1. The Balaban J connectivity index is 1.49. The maximum absolute atomic E-state index is 7.41. The maximum atomic E-state index is 7.41. The summed E-state index contributed by atoms with van der Waals surface area (Å²) in [5.74, 6) is 0.782. The van der Waals surface area contributed by atoms with Crippen LogP contribution in [0.5, 0.6) is 0 Å². The topological polar surface area (TPSA) is 35.1 Å². The summed E-state index contributed by atoms with van der Waals surface area (Å²) < 4.78 is 2.28. The number of fused-ring (bicyclic) bond motifs is 6. The van der Waals surface area contributed by atoms with Gasteiger partial charge in [-0.1, -0.05) is 97.1 Å². The van der Waals surface area contributed by atoms with Crippen LogP contribution in [0.2, 0.25) is 0 Å². The van der Waals surface area contributed by atoms with E-state index in [-0.39, 0.29) is 0 Å². The Morgan fingerprint density at radius 3 is 1.93 bits per heavy atom. The van der Waals surface area contributed by atoms with Gasteiger partial charge in [-0.05, 0) is 56.6 Å². The molecule has 0 radical (unpaired) electrons. The van der Waals surface area contributed by atoms with E-state index in [9.17, 15) is 0 Å². The molecule has 0 spiro atoms. The van der Waals surface area contributed by atoms with E-state index in [2.05, 4.69) is 82.2 Å². The molecule has 2 aromatic heterocycles. The van der Waals surface area contributed by atoms with E-state index in [4.69, 9.17) is 16.5 Å². The summed E-state index contributed by atoms with van der Waals surface area (Å²) >= 11 is 0. The summed E-state index contributed by atoms with van der Waals surface area (Å²) in [7, 11) is 0. The monoisotopic (exact) mass is 520 g/mol. The zero-order valence-corrected chi connectivity index (χ0v) is 21.8. The van der Waals surface area contributed by atoms with Crippen LogP contribution in [0.15, 0.2) is 121 Å². The molecule has 41 heavy (non-hydrogen) atoms. The average molecular weight is 521 g/mol. The Morgan fingerprint density at radius 1 is 0.512 bits per heavy atom. The minimum atomic E-state index is 0.603. The van der Waals surface area contributed by atoms with E-state index in [1.165, 1.54) is 43.1 Å². The van der Waals surface area contributed by atoms with Crippen LogP contribution in [0.4, 0.5) is 5.69 Å². The molecule has 0 amide bonds. The van der Waals surface area contributed by atoms with Gasteiger partial charge in [-0.25, -0.2) is 14.8 Å². The van der Waals surface area contributed by atoms with Gasteiger partial charge >= 0.3 is 0 Å². The van der Waals surface area contributed by atoms with Crippen LogP contribution in [0.3, 0.4) is 0 Å². The molecule has 9 aromatic rings. The average Bonchev–Trinajstić information content (AvgIpc) is 3.38. The van der Waals surface area contributed by atoms with Gasteiger partial charge in [0.2, 0.25) is 0 Å². The van der Waals surface area contributed by atoms with Gasteiger partial charge in [0, 0.05) is 16.3 Å². The first-order valence-electron chi connectivity index (χ1n) is 13.6.